The number of aliphatic carboxylic acids is 1. The van der Waals surface area contributed by atoms with Gasteiger partial charge in [-0.3, -0.25) is 0 Å². The Morgan fingerprint density at radius 2 is 2.00 bits per heavy atom. The van der Waals surface area contributed by atoms with E-state index in [9.17, 15) is 9.90 Å². The molecule has 4 nitrogen and oxygen atoms in total. The Bertz CT molecular complexity index is 332. The van der Waals surface area contributed by atoms with Crippen LogP contribution in [0.5, 0.6) is 11.5 Å². The van der Waals surface area contributed by atoms with Gasteiger partial charge in [0.2, 0.25) is 0 Å². The number of carbonyl (C=O) groups is 1. The Morgan fingerprint density at radius 3 is 2.46 bits per heavy atom. The number of carboxylic acids is 1. The molecule has 0 fully saturated rings. The summed E-state index contributed by atoms with van der Waals surface area (Å²) in [6, 6.07) is 3.87. The molecule has 1 rings (SSSR count). The minimum atomic E-state index is -1.22. The van der Waals surface area contributed by atoms with E-state index >= 15 is 0 Å². The molecule has 1 unspecified atom stereocenters. The van der Waals surface area contributed by atoms with Gasteiger partial charge in [0.05, 0.1) is 0 Å². The Kier molecular flexibility index (Phi) is 2.41. The van der Waals surface area contributed by atoms with Crippen LogP contribution < -0.4 is 5.11 Å². The molecule has 13 heavy (non-hydrogen) atoms. The monoisotopic (exact) mass is 181 g/mol. The van der Waals surface area contributed by atoms with Crippen molar-refractivity contribution >= 4 is 5.97 Å². The molecule has 0 heterocycles. The van der Waals surface area contributed by atoms with Crippen molar-refractivity contribution in [2.24, 2.45) is 0 Å². The second-order valence-corrected chi connectivity index (χ2v) is 2.79. The van der Waals surface area contributed by atoms with E-state index in [1.54, 1.807) is 0 Å². The minimum absolute atomic E-state index is 0.269. The van der Waals surface area contributed by atoms with Crippen LogP contribution in [0.15, 0.2) is 18.2 Å². The van der Waals surface area contributed by atoms with Gasteiger partial charge in [0.1, 0.15) is 0 Å². The maximum absolute atomic E-state index is 10.4. The zero-order valence-electron chi connectivity index (χ0n) is 7.02. The quantitative estimate of drug-likeness (QED) is 0.627. The number of hydrogen-bond donors (Lipinski definition) is 2. The van der Waals surface area contributed by atoms with Crippen molar-refractivity contribution < 1.29 is 20.1 Å². The smallest absolute Gasteiger partial charge is 0.157 e. The van der Waals surface area contributed by atoms with Crippen molar-refractivity contribution in [2.45, 2.75) is 12.8 Å². The fourth-order valence-electron chi connectivity index (χ4n) is 0.946. The third-order valence-electron chi connectivity index (χ3n) is 1.85. The molecular weight excluding hydrogens is 172 g/mol. The average Bonchev–Trinajstić information content (AvgIpc) is 2.08. The first kappa shape index (κ1) is 9.38. The highest BCUT2D eigenvalue weighted by molar-refractivity contribution is 5.73. The molecule has 0 saturated carbocycles. The summed E-state index contributed by atoms with van der Waals surface area (Å²) in [7, 11) is 0. The largest absolute Gasteiger partial charge is 0.550 e. The van der Waals surface area contributed by atoms with Crippen molar-refractivity contribution in [3.63, 3.8) is 0 Å². The highest BCUT2D eigenvalue weighted by Crippen LogP contribution is 2.28. The molecule has 1 aromatic carbocycles. The average molecular weight is 181 g/mol. The van der Waals surface area contributed by atoms with Crippen LogP contribution in [0.2, 0.25) is 0 Å². The van der Waals surface area contributed by atoms with Gasteiger partial charge >= 0.3 is 0 Å². The molecular formula is C9H9O4-. The van der Waals surface area contributed by atoms with Gasteiger partial charge in [0.25, 0.3) is 0 Å². The van der Waals surface area contributed by atoms with Gasteiger partial charge < -0.3 is 20.1 Å². The Morgan fingerprint density at radius 1 is 1.38 bits per heavy atom. The number of aromatic hydroxyl groups is 2. The molecule has 1 atom stereocenters. The highest BCUT2D eigenvalue weighted by Gasteiger charge is 2.08. The topological polar surface area (TPSA) is 80.6 Å². The van der Waals surface area contributed by atoms with Crippen molar-refractivity contribution in [3.8, 4) is 11.5 Å². The molecule has 4 heteroatoms. The summed E-state index contributed by atoms with van der Waals surface area (Å²) in [5.74, 6) is -2.61. The fraction of sp³-hybridized carbons (Fsp3) is 0.222. The van der Waals surface area contributed by atoms with E-state index in [1.807, 2.05) is 0 Å². The maximum atomic E-state index is 10.4. The Labute approximate surface area is 75.1 Å². The second-order valence-electron chi connectivity index (χ2n) is 2.79. The summed E-state index contributed by atoms with van der Waals surface area (Å²) in [6.45, 7) is 1.45. The summed E-state index contributed by atoms with van der Waals surface area (Å²) in [6.07, 6.45) is 0. The number of phenolic OH excluding ortho intramolecular Hbond substituents is 2. The first-order valence-electron chi connectivity index (χ1n) is 3.75. The molecule has 0 aromatic heterocycles. The van der Waals surface area contributed by atoms with Crippen molar-refractivity contribution in [1.29, 1.82) is 0 Å². The third kappa shape index (κ3) is 1.90. The van der Waals surface area contributed by atoms with Crippen LogP contribution >= 0.6 is 0 Å². The van der Waals surface area contributed by atoms with E-state index in [4.69, 9.17) is 10.2 Å². The normalized spacial score (nSPS) is 12.4. The molecule has 0 bridgehead atoms. The predicted octanol–water partition coefficient (Wildman–Crippen LogP) is -0.0488. The van der Waals surface area contributed by atoms with Gasteiger partial charge in [-0.1, -0.05) is 13.0 Å². The highest BCUT2D eigenvalue weighted by atomic mass is 16.4. The molecule has 0 radical (unpaired) electrons. The lowest BCUT2D eigenvalue weighted by Gasteiger charge is -2.13. The number of phenols is 2. The summed E-state index contributed by atoms with van der Waals surface area (Å²) in [5.41, 5.74) is 0.398. The summed E-state index contributed by atoms with van der Waals surface area (Å²) in [4.78, 5) is 10.4. The van der Waals surface area contributed by atoms with Gasteiger partial charge in [-0.15, -0.1) is 0 Å². The fourth-order valence-corrected chi connectivity index (χ4v) is 0.946. The lowest BCUT2D eigenvalue weighted by atomic mass is 10.0. The third-order valence-corrected chi connectivity index (χ3v) is 1.85. The number of carboxylic acid groups (broad SMARTS) is 1. The standard InChI is InChI=1S/C9H10O4/c1-5(9(12)13)6-2-3-7(10)8(11)4-6/h2-5,10-11H,1H3,(H,12,13)/p-1. The number of benzene rings is 1. The van der Waals surface area contributed by atoms with E-state index in [2.05, 4.69) is 0 Å². The molecule has 2 N–H and O–H groups in total. The predicted molar refractivity (Wildman–Crippen MR) is 43.2 cm³/mol. The number of carbonyl (C=O) groups excluding carboxylic acids is 1. The van der Waals surface area contributed by atoms with Gasteiger partial charge in [0.15, 0.2) is 11.5 Å². The molecule has 0 saturated heterocycles. The Hall–Kier alpha value is -1.71. The van der Waals surface area contributed by atoms with Gasteiger partial charge in [-0.05, 0) is 17.7 Å². The molecule has 1 aromatic rings. The molecule has 0 aliphatic heterocycles. The van der Waals surface area contributed by atoms with Crippen LogP contribution in [0.4, 0.5) is 0 Å². The van der Waals surface area contributed by atoms with Crippen LogP contribution in [-0.4, -0.2) is 16.2 Å². The molecule has 0 aliphatic rings. The first-order valence-corrected chi connectivity index (χ1v) is 3.75. The van der Waals surface area contributed by atoms with E-state index in [0.29, 0.717) is 5.56 Å². The van der Waals surface area contributed by atoms with Gasteiger partial charge in [-0.25, -0.2) is 0 Å². The Balaban J connectivity index is 3.03. The minimum Gasteiger partial charge on any atom is -0.550 e. The first-order chi connectivity index (χ1) is 6.02. The molecule has 0 amide bonds. The molecule has 70 valence electrons. The number of hydrogen-bond acceptors (Lipinski definition) is 4. The SMILES string of the molecule is CC(C(=O)[O-])c1ccc(O)c(O)c1. The van der Waals surface area contributed by atoms with Crippen LogP contribution in [-0.2, 0) is 4.79 Å². The second kappa shape index (κ2) is 3.35. The van der Waals surface area contributed by atoms with E-state index in [0.717, 1.165) is 0 Å². The summed E-state index contributed by atoms with van der Waals surface area (Å²) < 4.78 is 0. The summed E-state index contributed by atoms with van der Waals surface area (Å²) in [5, 5.41) is 28.5. The van der Waals surface area contributed by atoms with Crippen molar-refractivity contribution in [3.05, 3.63) is 23.8 Å². The number of rotatable bonds is 2. The van der Waals surface area contributed by atoms with Crippen LogP contribution in [0, 0.1) is 0 Å². The van der Waals surface area contributed by atoms with E-state index in [-0.39, 0.29) is 11.5 Å². The van der Waals surface area contributed by atoms with E-state index < -0.39 is 11.9 Å². The van der Waals surface area contributed by atoms with Gasteiger partial charge in [0, 0.05) is 11.9 Å². The van der Waals surface area contributed by atoms with Gasteiger partial charge in [-0.2, -0.15) is 0 Å². The molecule has 0 aliphatic carbocycles. The zero-order chi connectivity index (χ0) is 10.0. The zero-order valence-corrected chi connectivity index (χ0v) is 7.02. The van der Waals surface area contributed by atoms with E-state index in [1.165, 1.54) is 25.1 Å². The lowest BCUT2D eigenvalue weighted by Crippen LogP contribution is -2.27. The van der Waals surface area contributed by atoms with Crippen LogP contribution in [0.25, 0.3) is 0 Å². The lowest BCUT2D eigenvalue weighted by molar-refractivity contribution is -0.307. The maximum Gasteiger partial charge on any atom is 0.157 e. The van der Waals surface area contributed by atoms with Crippen molar-refractivity contribution in [2.75, 3.05) is 0 Å². The van der Waals surface area contributed by atoms with Crippen molar-refractivity contribution in [1.82, 2.24) is 0 Å². The molecule has 0 spiro atoms. The van der Waals surface area contributed by atoms with Crippen LogP contribution in [0.3, 0.4) is 0 Å². The summed E-state index contributed by atoms with van der Waals surface area (Å²) >= 11 is 0. The van der Waals surface area contributed by atoms with Crippen LogP contribution in [0.1, 0.15) is 18.4 Å².